The van der Waals surface area contributed by atoms with Crippen LogP contribution in [0.15, 0.2) is 52.5 Å². The van der Waals surface area contributed by atoms with Crippen LogP contribution in [-0.2, 0) is 19.9 Å². The van der Waals surface area contributed by atoms with Gasteiger partial charge in [-0.3, -0.25) is 4.72 Å². The molecule has 1 N–H and O–H groups in total. The van der Waals surface area contributed by atoms with Gasteiger partial charge in [0.2, 0.25) is 0 Å². The van der Waals surface area contributed by atoms with Crippen molar-refractivity contribution in [3.63, 3.8) is 0 Å². The van der Waals surface area contributed by atoms with Crippen molar-refractivity contribution in [3.8, 4) is 0 Å². The SMILES string of the molecule is CC1CCN(c2ccccc2NS(=O)(=O)c2ccc(S(C)(=O)=O)nc2)CC1. The molecule has 0 bridgehead atoms. The Balaban J connectivity index is 1.86. The third-order valence-corrected chi connectivity index (χ3v) is 7.02. The summed E-state index contributed by atoms with van der Waals surface area (Å²) in [5.41, 5.74) is 1.34. The number of para-hydroxylation sites is 2. The summed E-state index contributed by atoms with van der Waals surface area (Å²) in [5, 5.41) is -0.163. The maximum atomic E-state index is 12.7. The van der Waals surface area contributed by atoms with Gasteiger partial charge >= 0.3 is 0 Å². The van der Waals surface area contributed by atoms with Gasteiger partial charge in [0.1, 0.15) is 4.90 Å². The average molecular weight is 410 g/mol. The molecule has 1 aromatic heterocycles. The van der Waals surface area contributed by atoms with Gasteiger partial charge in [-0.1, -0.05) is 19.1 Å². The lowest BCUT2D eigenvalue weighted by Gasteiger charge is -2.33. The maximum Gasteiger partial charge on any atom is 0.263 e. The lowest BCUT2D eigenvalue weighted by Crippen LogP contribution is -2.33. The second-order valence-corrected chi connectivity index (χ2v) is 10.5. The van der Waals surface area contributed by atoms with Crippen LogP contribution in [0.25, 0.3) is 0 Å². The molecule has 1 saturated heterocycles. The largest absolute Gasteiger partial charge is 0.370 e. The van der Waals surface area contributed by atoms with Crippen molar-refractivity contribution in [2.45, 2.75) is 29.7 Å². The third kappa shape index (κ3) is 4.59. The maximum absolute atomic E-state index is 12.7. The predicted molar refractivity (Wildman–Crippen MR) is 105 cm³/mol. The van der Waals surface area contributed by atoms with Crippen molar-refractivity contribution < 1.29 is 16.8 Å². The number of nitrogens with one attached hydrogen (secondary N) is 1. The zero-order valence-corrected chi connectivity index (χ0v) is 16.9. The van der Waals surface area contributed by atoms with Gasteiger partial charge in [-0.2, -0.15) is 0 Å². The predicted octanol–water partition coefficient (Wildman–Crippen LogP) is 2.52. The highest BCUT2D eigenvalue weighted by atomic mass is 32.2. The molecule has 1 aliphatic heterocycles. The van der Waals surface area contributed by atoms with E-state index in [4.69, 9.17) is 0 Å². The first-order valence-corrected chi connectivity index (χ1v) is 12.1. The first kappa shape index (κ1) is 19.6. The van der Waals surface area contributed by atoms with Gasteiger partial charge in [0, 0.05) is 25.5 Å². The van der Waals surface area contributed by atoms with Crippen molar-refractivity contribution in [3.05, 3.63) is 42.6 Å². The Labute approximate surface area is 160 Å². The van der Waals surface area contributed by atoms with Crippen molar-refractivity contribution in [2.24, 2.45) is 5.92 Å². The first-order valence-electron chi connectivity index (χ1n) is 8.70. The summed E-state index contributed by atoms with van der Waals surface area (Å²) >= 11 is 0. The molecule has 2 heterocycles. The van der Waals surface area contributed by atoms with Gasteiger partial charge in [0.05, 0.1) is 11.4 Å². The highest BCUT2D eigenvalue weighted by Gasteiger charge is 2.22. The number of sulfonamides is 1. The first-order chi connectivity index (χ1) is 12.7. The van der Waals surface area contributed by atoms with E-state index in [2.05, 4.69) is 21.5 Å². The molecule has 0 atom stereocenters. The molecule has 0 amide bonds. The summed E-state index contributed by atoms with van der Waals surface area (Å²) in [7, 11) is -7.36. The molecule has 0 spiro atoms. The van der Waals surface area contributed by atoms with Crippen LogP contribution in [-0.4, -0.2) is 41.2 Å². The van der Waals surface area contributed by atoms with Crippen LogP contribution < -0.4 is 9.62 Å². The Bertz CT molecular complexity index is 1010. The molecule has 0 unspecified atom stereocenters. The fourth-order valence-corrected chi connectivity index (χ4v) is 4.61. The zero-order valence-electron chi connectivity index (χ0n) is 15.3. The number of pyridine rings is 1. The van der Waals surface area contributed by atoms with E-state index in [0.29, 0.717) is 11.6 Å². The molecule has 1 aliphatic rings. The molecule has 2 aromatic rings. The highest BCUT2D eigenvalue weighted by Crippen LogP contribution is 2.31. The average Bonchev–Trinajstić information content (AvgIpc) is 2.62. The molecular weight excluding hydrogens is 386 g/mol. The van der Waals surface area contributed by atoms with Crippen LogP contribution in [0.3, 0.4) is 0 Å². The van der Waals surface area contributed by atoms with Gasteiger partial charge in [0.15, 0.2) is 14.9 Å². The fourth-order valence-electron chi connectivity index (χ4n) is 3.03. The molecule has 7 nitrogen and oxygen atoms in total. The summed E-state index contributed by atoms with van der Waals surface area (Å²) in [6, 6.07) is 9.73. The Hall–Kier alpha value is -2.13. The molecule has 1 fully saturated rings. The number of hydrogen-bond donors (Lipinski definition) is 1. The minimum atomic E-state index is -3.88. The standard InChI is InChI=1S/C18H23N3O4S2/c1-14-9-11-21(12-10-14)17-6-4-3-5-16(17)20-27(24,25)15-7-8-18(19-13-15)26(2,22)23/h3-8,13-14,20H,9-12H2,1-2H3. The van der Waals surface area contributed by atoms with Crippen LogP contribution in [0.1, 0.15) is 19.8 Å². The second-order valence-electron chi connectivity index (χ2n) is 6.90. The smallest absolute Gasteiger partial charge is 0.263 e. The number of anilines is 2. The van der Waals surface area contributed by atoms with E-state index in [1.165, 1.54) is 12.1 Å². The van der Waals surface area contributed by atoms with E-state index in [0.717, 1.165) is 44.1 Å². The van der Waals surface area contributed by atoms with Crippen LogP contribution in [0.4, 0.5) is 11.4 Å². The zero-order chi connectivity index (χ0) is 19.7. The lowest BCUT2D eigenvalue weighted by molar-refractivity contribution is 0.438. The molecular formula is C18H23N3O4S2. The van der Waals surface area contributed by atoms with Crippen molar-refractivity contribution in [1.82, 2.24) is 4.98 Å². The summed E-state index contributed by atoms with van der Waals surface area (Å²) in [6.45, 7) is 3.98. The lowest BCUT2D eigenvalue weighted by atomic mass is 9.98. The molecule has 9 heteroatoms. The molecule has 1 aromatic carbocycles. The minimum Gasteiger partial charge on any atom is -0.370 e. The number of benzene rings is 1. The number of aromatic nitrogens is 1. The molecule has 0 saturated carbocycles. The number of rotatable bonds is 5. The molecule has 3 rings (SSSR count). The quantitative estimate of drug-likeness (QED) is 0.815. The minimum absolute atomic E-state index is 0.0861. The monoisotopic (exact) mass is 409 g/mol. The number of hydrogen-bond acceptors (Lipinski definition) is 6. The van der Waals surface area contributed by atoms with Gasteiger partial charge in [-0.05, 0) is 43.0 Å². The normalized spacial score (nSPS) is 16.3. The molecule has 0 radical (unpaired) electrons. The second kappa shape index (κ2) is 7.47. The highest BCUT2D eigenvalue weighted by molar-refractivity contribution is 7.92. The number of sulfone groups is 1. The van der Waals surface area contributed by atoms with Gasteiger partial charge in [0.25, 0.3) is 10.0 Å². The topological polar surface area (TPSA) is 96.4 Å². The summed E-state index contributed by atoms with van der Waals surface area (Å²) in [4.78, 5) is 5.86. The molecule has 27 heavy (non-hydrogen) atoms. The van der Waals surface area contributed by atoms with Crippen molar-refractivity contribution >= 4 is 31.2 Å². The summed E-state index contributed by atoms with van der Waals surface area (Å²) in [5.74, 6) is 0.671. The Morgan fingerprint density at radius 1 is 1.04 bits per heavy atom. The molecule has 146 valence electrons. The van der Waals surface area contributed by atoms with E-state index in [1.807, 2.05) is 12.1 Å². The Morgan fingerprint density at radius 2 is 1.70 bits per heavy atom. The van der Waals surface area contributed by atoms with Gasteiger partial charge in [-0.25, -0.2) is 21.8 Å². The fraction of sp³-hybridized carbons (Fsp3) is 0.389. The van der Waals surface area contributed by atoms with E-state index in [1.54, 1.807) is 12.1 Å². The van der Waals surface area contributed by atoms with Gasteiger partial charge in [-0.15, -0.1) is 0 Å². The number of piperidine rings is 1. The van der Waals surface area contributed by atoms with Crippen LogP contribution in [0, 0.1) is 5.92 Å². The van der Waals surface area contributed by atoms with Crippen LogP contribution in [0.5, 0.6) is 0 Å². The third-order valence-electron chi connectivity index (χ3n) is 4.67. The Kier molecular flexibility index (Phi) is 5.43. The van der Waals surface area contributed by atoms with Crippen molar-refractivity contribution in [1.29, 1.82) is 0 Å². The Morgan fingerprint density at radius 3 is 2.30 bits per heavy atom. The summed E-state index contributed by atoms with van der Waals surface area (Å²) in [6.07, 6.45) is 4.22. The van der Waals surface area contributed by atoms with E-state index < -0.39 is 19.9 Å². The summed E-state index contributed by atoms with van der Waals surface area (Å²) < 4.78 is 51.1. The van der Waals surface area contributed by atoms with E-state index in [-0.39, 0.29) is 9.92 Å². The van der Waals surface area contributed by atoms with E-state index >= 15 is 0 Å². The van der Waals surface area contributed by atoms with Crippen LogP contribution in [0.2, 0.25) is 0 Å². The van der Waals surface area contributed by atoms with Gasteiger partial charge < -0.3 is 4.90 Å². The number of nitrogens with zero attached hydrogens (tertiary/aromatic N) is 2. The molecule has 0 aliphatic carbocycles. The van der Waals surface area contributed by atoms with E-state index in [9.17, 15) is 16.8 Å². The van der Waals surface area contributed by atoms with Crippen molar-refractivity contribution in [2.75, 3.05) is 29.0 Å². The van der Waals surface area contributed by atoms with Crippen LogP contribution >= 0.6 is 0 Å².